The molecule has 4 nitrogen and oxygen atoms in total. The van der Waals surface area contributed by atoms with E-state index in [0.717, 1.165) is 19.3 Å². The van der Waals surface area contributed by atoms with Crippen molar-refractivity contribution in [1.82, 2.24) is 4.31 Å². The minimum Gasteiger partial charge on any atom is -0.300 e. The number of benzene rings is 1. The Morgan fingerprint density at radius 2 is 1.57 bits per heavy atom. The molecule has 28 heavy (non-hydrogen) atoms. The lowest BCUT2D eigenvalue weighted by molar-refractivity contribution is -0.117. The van der Waals surface area contributed by atoms with E-state index in [-0.39, 0.29) is 17.1 Å². The molecule has 0 saturated carbocycles. The van der Waals surface area contributed by atoms with E-state index in [4.69, 9.17) is 0 Å². The van der Waals surface area contributed by atoms with Crippen LogP contribution < -0.4 is 0 Å². The summed E-state index contributed by atoms with van der Waals surface area (Å²) in [7, 11) is -3.65. The van der Waals surface area contributed by atoms with Gasteiger partial charge in [0.05, 0.1) is 10.9 Å². The molecule has 2 rings (SSSR count). The van der Waals surface area contributed by atoms with Crippen LogP contribution >= 0.6 is 0 Å². The van der Waals surface area contributed by atoms with Crippen LogP contribution in [0.4, 0.5) is 4.39 Å². The molecule has 1 atom stereocenters. The number of carbonyl (C=O) groups is 1. The van der Waals surface area contributed by atoms with Crippen molar-refractivity contribution in [2.75, 3.05) is 6.54 Å². The normalized spacial score (nSPS) is 18.3. The summed E-state index contributed by atoms with van der Waals surface area (Å²) in [6, 6.07) is 3.18. The summed E-state index contributed by atoms with van der Waals surface area (Å²) in [6.07, 6.45) is 11.8. The van der Waals surface area contributed by atoms with E-state index in [2.05, 4.69) is 6.92 Å². The first-order chi connectivity index (χ1) is 13.4. The van der Waals surface area contributed by atoms with Crippen molar-refractivity contribution < 1.29 is 17.6 Å². The molecule has 1 aliphatic heterocycles. The Morgan fingerprint density at radius 3 is 2.14 bits per heavy atom. The molecule has 0 N–H and O–H groups in total. The maximum atomic E-state index is 13.7. The molecule has 1 aromatic rings. The maximum Gasteiger partial charge on any atom is 0.243 e. The van der Waals surface area contributed by atoms with Gasteiger partial charge in [0.15, 0.2) is 0 Å². The van der Waals surface area contributed by atoms with Crippen LogP contribution in [0.5, 0.6) is 0 Å². The van der Waals surface area contributed by atoms with Crippen molar-refractivity contribution in [2.45, 2.75) is 95.4 Å². The van der Waals surface area contributed by atoms with Crippen LogP contribution in [0.15, 0.2) is 23.1 Å². The molecule has 1 aliphatic rings. The summed E-state index contributed by atoms with van der Waals surface area (Å²) in [4.78, 5) is 11.8. The standard InChI is InChI=1S/C22H34FNO3S/c1-3-4-5-6-7-8-9-10-11-12-15-24-21(16-18(2)25)20-17-19(23)13-14-22(20)28(24,26)27/h13-14,17,21H,3-12,15-16H2,1-2H3/t21-/m0/s1. The highest BCUT2D eigenvalue weighted by Crippen LogP contribution is 2.41. The Hall–Kier alpha value is -1.27. The summed E-state index contributed by atoms with van der Waals surface area (Å²) >= 11 is 0. The van der Waals surface area contributed by atoms with Crippen molar-refractivity contribution in [3.8, 4) is 0 Å². The summed E-state index contributed by atoms with van der Waals surface area (Å²) in [5.41, 5.74) is 0.419. The average Bonchev–Trinajstić information content (AvgIpc) is 2.83. The number of Topliss-reactive ketones (excluding diaryl/α,β-unsaturated/α-hetero) is 1. The van der Waals surface area contributed by atoms with Crippen LogP contribution in [-0.2, 0) is 14.8 Å². The van der Waals surface area contributed by atoms with Gasteiger partial charge >= 0.3 is 0 Å². The molecule has 0 amide bonds. The van der Waals surface area contributed by atoms with E-state index < -0.39 is 21.9 Å². The SMILES string of the molecule is CCCCCCCCCCCCN1[C@@H](CC(C)=O)c2cc(F)ccc2S1(=O)=O. The lowest BCUT2D eigenvalue weighted by atomic mass is 10.0. The zero-order chi connectivity index (χ0) is 20.6. The van der Waals surface area contributed by atoms with Gasteiger partial charge in [0.2, 0.25) is 10.0 Å². The summed E-state index contributed by atoms with van der Waals surface area (Å²) in [5.74, 6) is -0.561. The average molecular weight is 412 g/mol. The molecule has 158 valence electrons. The third-order valence-electron chi connectivity index (χ3n) is 5.48. The topological polar surface area (TPSA) is 54.5 Å². The number of rotatable bonds is 13. The minimum atomic E-state index is -3.65. The van der Waals surface area contributed by atoms with E-state index in [1.54, 1.807) is 0 Å². The molecule has 0 aliphatic carbocycles. The van der Waals surface area contributed by atoms with Crippen LogP contribution in [0.25, 0.3) is 0 Å². The lowest BCUT2D eigenvalue weighted by Gasteiger charge is -2.22. The van der Waals surface area contributed by atoms with Crippen molar-refractivity contribution in [3.63, 3.8) is 0 Å². The Bertz CT molecular complexity index is 748. The van der Waals surface area contributed by atoms with Crippen LogP contribution in [0.2, 0.25) is 0 Å². The first-order valence-corrected chi connectivity index (χ1v) is 12.1. The smallest absolute Gasteiger partial charge is 0.243 e. The molecule has 0 saturated heterocycles. The number of nitrogens with zero attached hydrogens (tertiary/aromatic N) is 1. The third kappa shape index (κ3) is 6.11. The van der Waals surface area contributed by atoms with Crippen molar-refractivity contribution in [2.24, 2.45) is 0 Å². The molecule has 1 heterocycles. The number of hydrogen-bond acceptors (Lipinski definition) is 3. The van der Waals surface area contributed by atoms with Gasteiger partial charge in [0, 0.05) is 13.0 Å². The van der Waals surface area contributed by atoms with Crippen LogP contribution in [-0.4, -0.2) is 25.1 Å². The van der Waals surface area contributed by atoms with Gasteiger partial charge in [-0.3, -0.25) is 4.79 Å². The summed E-state index contributed by atoms with van der Waals surface area (Å²) in [6.45, 7) is 4.05. The molecule has 0 aromatic heterocycles. The van der Waals surface area contributed by atoms with Gasteiger partial charge in [-0.2, -0.15) is 4.31 Å². The molecule has 0 unspecified atom stereocenters. The Kier molecular flexibility index (Phi) is 9.09. The number of sulfonamides is 1. The van der Waals surface area contributed by atoms with Gasteiger partial charge in [0.25, 0.3) is 0 Å². The van der Waals surface area contributed by atoms with Crippen molar-refractivity contribution in [1.29, 1.82) is 0 Å². The van der Waals surface area contributed by atoms with Gasteiger partial charge in [-0.25, -0.2) is 12.8 Å². The Balaban J connectivity index is 1.85. The monoisotopic (exact) mass is 411 g/mol. The predicted octanol–water partition coefficient (Wildman–Crippen LogP) is 5.77. The highest BCUT2D eigenvalue weighted by Gasteiger charge is 2.42. The van der Waals surface area contributed by atoms with Crippen molar-refractivity contribution >= 4 is 15.8 Å². The summed E-state index contributed by atoms with van der Waals surface area (Å²) < 4.78 is 40.8. The van der Waals surface area contributed by atoms with E-state index in [1.165, 1.54) is 74.4 Å². The third-order valence-corrected chi connectivity index (χ3v) is 7.46. The molecule has 6 heteroatoms. The van der Waals surface area contributed by atoms with Gasteiger partial charge in [-0.05, 0) is 37.1 Å². The molecule has 0 bridgehead atoms. The van der Waals surface area contributed by atoms with E-state index in [0.29, 0.717) is 12.1 Å². The first-order valence-electron chi connectivity index (χ1n) is 10.7. The largest absolute Gasteiger partial charge is 0.300 e. The molecular formula is C22H34FNO3S. The number of ketones is 1. The van der Waals surface area contributed by atoms with Crippen molar-refractivity contribution in [3.05, 3.63) is 29.6 Å². The zero-order valence-corrected chi connectivity index (χ0v) is 18.1. The fraction of sp³-hybridized carbons (Fsp3) is 0.682. The van der Waals surface area contributed by atoms with E-state index in [1.807, 2.05) is 0 Å². The highest BCUT2D eigenvalue weighted by atomic mass is 32.2. The first kappa shape index (κ1) is 23.0. The van der Waals surface area contributed by atoms with E-state index in [9.17, 15) is 17.6 Å². The number of fused-ring (bicyclic) bond motifs is 1. The number of hydrogen-bond donors (Lipinski definition) is 0. The van der Waals surface area contributed by atoms with Gasteiger partial charge in [-0.15, -0.1) is 0 Å². The molecule has 1 aromatic carbocycles. The minimum absolute atomic E-state index is 0.0907. The Labute approximate surface area is 169 Å². The van der Waals surface area contributed by atoms with Gasteiger partial charge < -0.3 is 0 Å². The second-order valence-corrected chi connectivity index (χ2v) is 9.76. The zero-order valence-electron chi connectivity index (χ0n) is 17.3. The highest BCUT2D eigenvalue weighted by molar-refractivity contribution is 7.89. The molecule has 0 radical (unpaired) electrons. The fourth-order valence-electron chi connectivity index (χ4n) is 3.98. The fourth-order valence-corrected chi connectivity index (χ4v) is 5.86. The van der Waals surface area contributed by atoms with Gasteiger partial charge in [0.1, 0.15) is 11.6 Å². The summed E-state index contributed by atoms with van der Waals surface area (Å²) in [5, 5.41) is 0. The predicted molar refractivity (Wildman–Crippen MR) is 110 cm³/mol. The molecule has 0 fully saturated rings. The van der Waals surface area contributed by atoms with E-state index >= 15 is 0 Å². The Morgan fingerprint density at radius 1 is 1.00 bits per heavy atom. The van der Waals surface area contributed by atoms with Crippen LogP contribution in [0.1, 0.15) is 96.1 Å². The van der Waals surface area contributed by atoms with Crippen LogP contribution in [0, 0.1) is 5.82 Å². The second-order valence-electron chi connectivity index (χ2n) is 7.90. The lowest BCUT2D eigenvalue weighted by Crippen LogP contribution is -2.30. The molecular weight excluding hydrogens is 377 g/mol. The second kappa shape index (κ2) is 11.1. The maximum absolute atomic E-state index is 13.7. The van der Waals surface area contributed by atoms with Gasteiger partial charge in [-0.1, -0.05) is 64.7 Å². The number of halogens is 1. The quantitative estimate of drug-likeness (QED) is 0.387. The van der Waals surface area contributed by atoms with Crippen LogP contribution in [0.3, 0.4) is 0 Å². The number of carbonyl (C=O) groups excluding carboxylic acids is 1. The number of unbranched alkanes of at least 4 members (excludes halogenated alkanes) is 9. The molecule has 0 spiro atoms.